The Bertz CT molecular complexity index is 907. The van der Waals surface area contributed by atoms with Crippen molar-refractivity contribution < 1.29 is 14.1 Å². The van der Waals surface area contributed by atoms with Gasteiger partial charge in [-0.25, -0.2) is 4.79 Å². The van der Waals surface area contributed by atoms with Crippen LogP contribution in [0.25, 0.3) is 0 Å². The van der Waals surface area contributed by atoms with Crippen molar-refractivity contribution in [3.63, 3.8) is 0 Å². The van der Waals surface area contributed by atoms with Crippen molar-refractivity contribution in [1.29, 1.82) is 0 Å². The zero-order valence-electron chi connectivity index (χ0n) is 18.9. The summed E-state index contributed by atoms with van der Waals surface area (Å²) in [5, 5.41) is 7.03. The number of aryl methyl sites for hydroxylation is 1. The number of hydrogen-bond acceptors (Lipinski definition) is 6. The first-order chi connectivity index (χ1) is 15.5. The van der Waals surface area contributed by atoms with Crippen molar-refractivity contribution in [3.8, 4) is 0 Å². The number of benzene rings is 1. The number of hydrogen-bond donors (Lipinski definition) is 1. The summed E-state index contributed by atoms with van der Waals surface area (Å²) in [6.07, 6.45) is 2.48. The maximum Gasteiger partial charge on any atom is 0.318 e. The van der Waals surface area contributed by atoms with E-state index in [0.29, 0.717) is 44.2 Å². The lowest BCUT2D eigenvalue weighted by Crippen LogP contribution is -2.48. The zero-order chi connectivity index (χ0) is 22.5. The summed E-state index contributed by atoms with van der Waals surface area (Å²) in [5.74, 6) is 1.09. The fourth-order valence-corrected chi connectivity index (χ4v) is 4.34. The molecule has 9 nitrogen and oxygen atoms in total. The molecule has 0 aliphatic carbocycles. The largest absolute Gasteiger partial charge is 0.368 e. The monoisotopic (exact) mass is 440 g/mol. The Balaban J connectivity index is 1.26. The van der Waals surface area contributed by atoms with E-state index in [4.69, 9.17) is 4.52 Å². The summed E-state index contributed by atoms with van der Waals surface area (Å²) in [7, 11) is 0. The van der Waals surface area contributed by atoms with Crippen molar-refractivity contribution in [1.82, 2.24) is 25.3 Å². The fraction of sp³-hybridized carbons (Fsp3) is 0.565. The van der Waals surface area contributed by atoms with Gasteiger partial charge in [0, 0.05) is 57.3 Å². The molecule has 2 aliphatic rings. The molecule has 1 aromatic carbocycles. The van der Waals surface area contributed by atoms with Crippen LogP contribution in [0, 0.1) is 0 Å². The number of aromatic nitrogens is 2. The highest BCUT2D eigenvalue weighted by Gasteiger charge is 2.33. The van der Waals surface area contributed by atoms with Crippen LogP contribution in [0.1, 0.15) is 50.9 Å². The minimum Gasteiger partial charge on any atom is -0.368 e. The average molecular weight is 441 g/mol. The number of carbonyl (C=O) groups excluding carboxylic acids is 2. The lowest BCUT2D eigenvalue weighted by Gasteiger charge is -2.36. The second kappa shape index (κ2) is 10.0. The van der Waals surface area contributed by atoms with Crippen LogP contribution in [0.5, 0.6) is 0 Å². The van der Waals surface area contributed by atoms with Crippen molar-refractivity contribution in [2.24, 2.45) is 0 Å². The number of urea groups is 1. The Morgan fingerprint density at radius 1 is 1.12 bits per heavy atom. The van der Waals surface area contributed by atoms with Crippen LogP contribution in [0.4, 0.5) is 10.5 Å². The number of rotatable bonds is 6. The van der Waals surface area contributed by atoms with Crippen molar-refractivity contribution in [3.05, 3.63) is 42.0 Å². The van der Waals surface area contributed by atoms with Gasteiger partial charge in [-0.2, -0.15) is 4.98 Å². The maximum absolute atomic E-state index is 12.7. The molecule has 3 heterocycles. The fourth-order valence-electron chi connectivity index (χ4n) is 4.34. The Hall–Kier alpha value is -3.10. The van der Waals surface area contributed by atoms with Crippen LogP contribution >= 0.6 is 0 Å². The van der Waals surface area contributed by atoms with Gasteiger partial charge in [-0.1, -0.05) is 23.4 Å². The zero-order valence-corrected chi connectivity index (χ0v) is 18.9. The highest BCUT2D eigenvalue weighted by molar-refractivity contribution is 5.76. The van der Waals surface area contributed by atoms with Crippen molar-refractivity contribution in [2.45, 2.75) is 51.6 Å². The number of anilines is 1. The van der Waals surface area contributed by atoms with E-state index >= 15 is 0 Å². The molecule has 2 aliphatic heterocycles. The van der Waals surface area contributed by atoms with E-state index in [-0.39, 0.29) is 24.0 Å². The Labute approximate surface area is 188 Å². The molecule has 0 spiro atoms. The topological polar surface area (TPSA) is 94.8 Å². The molecule has 2 aromatic rings. The van der Waals surface area contributed by atoms with Gasteiger partial charge in [0.05, 0.1) is 6.04 Å². The molecule has 2 fully saturated rings. The number of amides is 3. The highest BCUT2D eigenvalue weighted by Crippen LogP contribution is 2.30. The summed E-state index contributed by atoms with van der Waals surface area (Å²) < 4.78 is 5.40. The van der Waals surface area contributed by atoms with E-state index in [0.717, 1.165) is 25.9 Å². The van der Waals surface area contributed by atoms with E-state index in [1.165, 1.54) is 5.69 Å². The summed E-state index contributed by atoms with van der Waals surface area (Å²) in [6, 6.07) is 10.1. The van der Waals surface area contributed by atoms with Gasteiger partial charge in [0.1, 0.15) is 0 Å². The number of nitrogens with zero attached hydrogens (tertiary/aromatic N) is 5. The third kappa shape index (κ3) is 5.20. The molecule has 1 N–H and O–H groups in total. The first-order valence-corrected chi connectivity index (χ1v) is 11.5. The van der Waals surface area contributed by atoms with Crippen molar-refractivity contribution in [2.75, 3.05) is 37.6 Å². The molecular formula is C23H32N6O3. The van der Waals surface area contributed by atoms with Crippen LogP contribution in [-0.2, 0) is 11.2 Å². The first-order valence-electron chi connectivity index (χ1n) is 11.5. The number of para-hydroxylation sites is 1. The molecule has 0 bridgehead atoms. The number of likely N-dealkylation sites (tertiary alicyclic amines) is 1. The van der Waals surface area contributed by atoms with Crippen LogP contribution < -0.4 is 10.2 Å². The van der Waals surface area contributed by atoms with E-state index < -0.39 is 0 Å². The number of piperazine rings is 1. The van der Waals surface area contributed by atoms with E-state index in [1.54, 1.807) is 4.90 Å². The smallest absolute Gasteiger partial charge is 0.318 e. The molecule has 3 amide bonds. The quantitative estimate of drug-likeness (QED) is 0.742. The molecule has 1 atom stereocenters. The van der Waals surface area contributed by atoms with Crippen molar-refractivity contribution >= 4 is 17.6 Å². The SMILES string of the molecule is CC(C)NC(=O)N1CCCC1c1noc(CCC(=O)N2CCN(c3ccccc3)CC2)n1. The van der Waals surface area contributed by atoms with Gasteiger partial charge >= 0.3 is 6.03 Å². The third-order valence-corrected chi connectivity index (χ3v) is 6.01. The molecule has 0 radical (unpaired) electrons. The second-order valence-corrected chi connectivity index (χ2v) is 8.71. The molecule has 1 unspecified atom stereocenters. The van der Waals surface area contributed by atoms with Gasteiger partial charge in [-0.3, -0.25) is 4.79 Å². The minimum absolute atomic E-state index is 0.0742. The maximum atomic E-state index is 12.7. The molecule has 1 aromatic heterocycles. The van der Waals surface area contributed by atoms with E-state index in [1.807, 2.05) is 36.9 Å². The highest BCUT2D eigenvalue weighted by atomic mass is 16.5. The van der Waals surface area contributed by atoms with Crippen LogP contribution in [0.3, 0.4) is 0 Å². The Kier molecular flexibility index (Phi) is 6.92. The summed E-state index contributed by atoms with van der Waals surface area (Å²) in [6.45, 7) is 7.64. The predicted octanol–water partition coefficient (Wildman–Crippen LogP) is 2.61. The average Bonchev–Trinajstić information content (AvgIpc) is 3.47. The van der Waals surface area contributed by atoms with E-state index in [9.17, 15) is 9.59 Å². The molecule has 9 heteroatoms. The van der Waals surface area contributed by atoms with Gasteiger partial charge in [0.25, 0.3) is 0 Å². The lowest BCUT2D eigenvalue weighted by atomic mass is 10.2. The van der Waals surface area contributed by atoms with Gasteiger partial charge < -0.3 is 24.5 Å². The van der Waals surface area contributed by atoms with Gasteiger partial charge in [-0.15, -0.1) is 0 Å². The van der Waals surface area contributed by atoms with Gasteiger partial charge in [0.2, 0.25) is 11.8 Å². The van der Waals surface area contributed by atoms with E-state index in [2.05, 4.69) is 32.5 Å². The summed E-state index contributed by atoms with van der Waals surface area (Å²) in [5.41, 5.74) is 1.20. The first kappa shape index (κ1) is 22.1. The lowest BCUT2D eigenvalue weighted by molar-refractivity contribution is -0.131. The molecular weight excluding hydrogens is 408 g/mol. The Morgan fingerprint density at radius 3 is 2.59 bits per heavy atom. The normalized spacial score (nSPS) is 19.0. The standard InChI is InChI=1S/C23H32N6O3/c1-17(2)24-23(31)29-12-6-9-19(29)22-25-20(32-26-22)10-11-21(30)28-15-13-27(14-16-28)18-7-4-3-5-8-18/h3-5,7-8,17,19H,6,9-16H2,1-2H3,(H,24,31). The molecule has 0 saturated carbocycles. The number of carbonyl (C=O) groups is 2. The molecule has 172 valence electrons. The van der Waals surface area contributed by atoms with Crippen LogP contribution in [0.15, 0.2) is 34.9 Å². The van der Waals surface area contributed by atoms with Gasteiger partial charge in [-0.05, 0) is 38.8 Å². The third-order valence-electron chi connectivity index (χ3n) is 6.01. The van der Waals surface area contributed by atoms with Crippen LogP contribution in [-0.4, -0.2) is 70.6 Å². The van der Waals surface area contributed by atoms with Crippen LogP contribution in [0.2, 0.25) is 0 Å². The minimum atomic E-state index is -0.173. The predicted molar refractivity (Wildman–Crippen MR) is 120 cm³/mol. The summed E-state index contributed by atoms with van der Waals surface area (Å²) in [4.78, 5) is 35.6. The Morgan fingerprint density at radius 2 is 1.88 bits per heavy atom. The molecule has 2 saturated heterocycles. The molecule has 4 rings (SSSR count). The summed E-state index contributed by atoms with van der Waals surface area (Å²) >= 11 is 0. The van der Waals surface area contributed by atoms with Gasteiger partial charge in [0.15, 0.2) is 5.82 Å². The molecule has 32 heavy (non-hydrogen) atoms. The number of nitrogens with one attached hydrogen (secondary N) is 1. The second-order valence-electron chi connectivity index (χ2n) is 8.71.